The quantitative estimate of drug-likeness (QED) is 0.783. The van der Waals surface area contributed by atoms with Crippen LogP contribution in [-0.2, 0) is 11.2 Å². The minimum absolute atomic E-state index is 0.140. The molecule has 1 amide bonds. The van der Waals surface area contributed by atoms with Gasteiger partial charge in [0.2, 0.25) is 5.91 Å². The van der Waals surface area contributed by atoms with Gasteiger partial charge >= 0.3 is 0 Å². The summed E-state index contributed by atoms with van der Waals surface area (Å²) in [5.74, 6) is 0.318. The van der Waals surface area contributed by atoms with Crippen LogP contribution in [0.5, 0.6) is 0 Å². The van der Waals surface area contributed by atoms with E-state index in [1.54, 1.807) is 0 Å². The van der Waals surface area contributed by atoms with E-state index in [2.05, 4.69) is 24.4 Å². The molecule has 1 aromatic carbocycles. The zero-order valence-corrected chi connectivity index (χ0v) is 10.2. The van der Waals surface area contributed by atoms with Crippen LogP contribution in [-0.4, -0.2) is 12.5 Å². The van der Waals surface area contributed by atoms with Gasteiger partial charge in [0.05, 0.1) is 0 Å². The Bertz CT molecular complexity index is 308. The van der Waals surface area contributed by atoms with Crippen LogP contribution < -0.4 is 5.32 Å². The predicted molar refractivity (Wildman–Crippen MR) is 67.2 cm³/mol. The fourth-order valence-electron chi connectivity index (χ4n) is 1.71. The molecule has 1 N–H and O–H groups in total. The van der Waals surface area contributed by atoms with Crippen LogP contribution in [0.25, 0.3) is 0 Å². The molecule has 1 atom stereocenters. The van der Waals surface area contributed by atoms with Crippen molar-refractivity contribution < 1.29 is 4.79 Å². The van der Waals surface area contributed by atoms with Crippen molar-refractivity contribution in [1.82, 2.24) is 5.32 Å². The van der Waals surface area contributed by atoms with Gasteiger partial charge in [-0.15, -0.1) is 0 Å². The normalized spacial score (nSPS) is 12.1. The third kappa shape index (κ3) is 4.47. The Morgan fingerprint density at radius 1 is 1.31 bits per heavy atom. The molecule has 0 aliphatic rings. The molecule has 0 saturated carbocycles. The lowest BCUT2D eigenvalue weighted by Gasteiger charge is -2.10. The van der Waals surface area contributed by atoms with Gasteiger partial charge in [-0.3, -0.25) is 4.79 Å². The van der Waals surface area contributed by atoms with Crippen LogP contribution in [0.2, 0.25) is 0 Å². The summed E-state index contributed by atoms with van der Waals surface area (Å²) < 4.78 is 0. The first-order valence-corrected chi connectivity index (χ1v) is 6.05. The van der Waals surface area contributed by atoms with Gasteiger partial charge in [0.1, 0.15) is 0 Å². The van der Waals surface area contributed by atoms with E-state index in [0.717, 1.165) is 25.8 Å². The summed E-state index contributed by atoms with van der Waals surface area (Å²) in [6.45, 7) is 4.83. The van der Waals surface area contributed by atoms with E-state index >= 15 is 0 Å². The molecule has 1 aromatic rings. The maximum atomic E-state index is 11.6. The van der Waals surface area contributed by atoms with Crippen LogP contribution in [0.4, 0.5) is 0 Å². The zero-order valence-electron chi connectivity index (χ0n) is 10.2. The van der Waals surface area contributed by atoms with Crippen LogP contribution >= 0.6 is 0 Å². The van der Waals surface area contributed by atoms with Crippen molar-refractivity contribution in [3.8, 4) is 0 Å². The van der Waals surface area contributed by atoms with E-state index in [1.807, 2.05) is 25.1 Å². The summed E-state index contributed by atoms with van der Waals surface area (Å²) in [4.78, 5) is 11.6. The van der Waals surface area contributed by atoms with Crippen LogP contribution in [0.1, 0.15) is 32.3 Å². The van der Waals surface area contributed by atoms with Gasteiger partial charge in [0, 0.05) is 12.5 Å². The predicted octanol–water partition coefficient (Wildman–Crippen LogP) is 2.78. The van der Waals surface area contributed by atoms with Crippen LogP contribution in [0, 0.1) is 5.92 Å². The lowest BCUT2D eigenvalue weighted by atomic mass is 10.1. The zero-order chi connectivity index (χ0) is 11.8. The monoisotopic (exact) mass is 219 g/mol. The molecule has 0 unspecified atom stereocenters. The Balaban J connectivity index is 2.23. The summed E-state index contributed by atoms with van der Waals surface area (Å²) in [5.41, 5.74) is 1.27. The number of amides is 1. The molecule has 0 spiro atoms. The summed E-state index contributed by atoms with van der Waals surface area (Å²) >= 11 is 0. The first-order chi connectivity index (χ1) is 7.74. The van der Waals surface area contributed by atoms with Crippen molar-refractivity contribution >= 4 is 5.91 Å². The molecule has 2 nitrogen and oxygen atoms in total. The van der Waals surface area contributed by atoms with Gasteiger partial charge in [0.25, 0.3) is 0 Å². The van der Waals surface area contributed by atoms with E-state index in [-0.39, 0.29) is 11.8 Å². The van der Waals surface area contributed by atoms with Crippen molar-refractivity contribution in [3.05, 3.63) is 35.9 Å². The fourth-order valence-corrected chi connectivity index (χ4v) is 1.71. The second kappa shape index (κ2) is 7.04. The van der Waals surface area contributed by atoms with Gasteiger partial charge in [-0.25, -0.2) is 0 Å². The van der Waals surface area contributed by atoms with Gasteiger partial charge in [0.15, 0.2) is 0 Å². The van der Waals surface area contributed by atoms with E-state index in [9.17, 15) is 4.79 Å². The molecule has 0 aliphatic carbocycles. The third-order valence-corrected chi connectivity index (χ3v) is 2.73. The van der Waals surface area contributed by atoms with Crippen molar-refractivity contribution in [2.24, 2.45) is 5.92 Å². The minimum atomic E-state index is 0.140. The number of hydrogen-bond donors (Lipinski definition) is 1. The summed E-state index contributed by atoms with van der Waals surface area (Å²) in [7, 11) is 0. The minimum Gasteiger partial charge on any atom is -0.356 e. The Hall–Kier alpha value is -1.31. The maximum Gasteiger partial charge on any atom is 0.222 e. The van der Waals surface area contributed by atoms with E-state index in [4.69, 9.17) is 0 Å². The molecule has 0 aliphatic heterocycles. The second-order valence-electron chi connectivity index (χ2n) is 4.22. The van der Waals surface area contributed by atoms with Crippen molar-refractivity contribution in [2.75, 3.05) is 6.54 Å². The molecular weight excluding hydrogens is 198 g/mol. The smallest absolute Gasteiger partial charge is 0.222 e. The highest BCUT2D eigenvalue weighted by Gasteiger charge is 2.10. The molecule has 1 rings (SSSR count). The van der Waals surface area contributed by atoms with E-state index < -0.39 is 0 Å². The van der Waals surface area contributed by atoms with Gasteiger partial charge < -0.3 is 5.32 Å². The fraction of sp³-hybridized carbons (Fsp3) is 0.500. The number of rotatable bonds is 6. The second-order valence-corrected chi connectivity index (χ2v) is 4.22. The summed E-state index contributed by atoms with van der Waals surface area (Å²) in [5, 5.41) is 2.98. The first kappa shape index (κ1) is 12.8. The Labute approximate surface area is 98.1 Å². The molecule has 88 valence electrons. The topological polar surface area (TPSA) is 29.1 Å². The van der Waals surface area contributed by atoms with Gasteiger partial charge in [-0.05, 0) is 18.4 Å². The Morgan fingerprint density at radius 3 is 2.62 bits per heavy atom. The average molecular weight is 219 g/mol. The highest BCUT2D eigenvalue weighted by Crippen LogP contribution is 2.04. The molecule has 2 heteroatoms. The third-order valence-electron chi connectivity index (χ3n) is 2.73. The highest BCUT2D eigenvalue weighted by atomic mass is 16.1. The number of benzene rings is 1. The molecule has 0 fully saturated rings. The lowest BCUT2D eigenvalue weighted by molar-refractivity contribution is -0.124. The Kier molecular flexibility index (Phi) is 5.62. The number of hydrogen-bond acceptors (Lipinski definition) is 1. The van der Waals surface area contributed by atoms with Crippen LogP contribution in [0.3, 0.4) is 0 Å². The highest BCUT2D eigenvalue weighted by molar-refractivity contribution is 5.78. The van der Waals surface area contributed by atoms with Gasteiger partial charge in [-0.2, -0.15) is 0 Å². The van der Waals surface area contributed by atoms with Crippen molar-refractivity contribution in [3.63, 3.8) is 0 Å². The lowest BCUT2D eigenvalue weighted by Crippen LogP contribution is -2.30. The molecule has 0 radical (unpaired) electrons. The molecule has 0 aromatic heterocycles. The van der Waals surface area contributed by atoms with Gasteiger partial charge in [-0.1, -0.05) is 50.6 Å². The number of carbonyl (C=O) groups is 1. The molecule has 0 heterocycles. The van der Waals surface area contributed by atoms with E-state index in [1.165, 1.54) is 5.56 Å². The first-order valence-electron chi connectivity index (χ1n) is 6.05. The maximum absolute atomic E-state index is 11.6. The Morgan fingerprint density at radius 2 is 2.00 bits per heavy atom. The molecule has 0 bridgehead atoms. The average Bonchev–Trinajstić information content (AvgIpc) is 2.30. The number of carbonyl (C=O) groups excluding carboxylic acids is 1. The molecular formula is C14H21NO. The molecule has 0 saturated heterocycles. The van der Waals surface area contributed by atoms with Crippen molar-refractivity contribution in [1.29, 1.82) is 0 Å². The SMILES string of the molecule is CCC[C@H](C)C(=O)NCCc1ccccc1. The largest absolute Gasteiger partial charge is 0.356 e. The number of nitrogens with one attached hydrogen (secondary N) is 1. The standard InChI is InChI=1S/C14H21NO/c1-3-7-12(2)14(16)15-11-10-13-8-5-4-6-9-13/h4-6,8-9,12H,3,7,10-11H2,1-2H3,(H,15,16)/t12-/m0/s1. The molecule has 16 heavy (non-hydrogen) atoms. The summed E-state index contributed by atoms with van der Waals surface area (Å²) in [6.07, 6.45) is 2.94. The van der Waals surface area contributed by atoms with Crippen LogP contribution in [0.15, 0.2) is 30.3 Å². The van der Waals surface area contributed by atoms with Crippen molar-refractivity contribution in [2.45, 2.75) is 33.1 Å². The van der Waals surface area contributed by atoms with E-state index in [0.29, 0.717) is 0 Å². The summed E-state index contributed by atoms with van der Waals surface area (Å²) in [6, 6.07) is 10.2.